The first kappa shape index (κ1) is 4.06. The Morgan fingerprint density at radius 3 is 2.14 bits per heavy atom. The minimum Gasteiger partial charge on any atom is -0.542 e. The molecule has 0 aromatic carbocycles. The van der Waals surface area contributed by atoms with Crippen LogP contribution in [-0.2, 0) is 9.59 Å². The van der Waals surface area contributed by atoms with Gasteiger partial charge >= 0.3 is 29.6 Å². The molecule has 3 nitrogen and oxygen atoms in total. The van der Waals surface area contributed by atoms with Crippen LogP contribution in [0, 0.1) is 0 Å². The Hall–Kier alpha value is 0.140. The third-order valence-corrected chi connectivity index (χ3v) is 0.185. The Kier molecular flexibility index (Phi) is 2.50. The standard InChI is InChI=1S/C3H4O3.Na/c1-2(4)3(5)6;/h1H3,(H,5,6);/q;+1/p-1/i1D3;. The van der Waals surface area contributed by atoms with Crippen LogP contribution in [0.1, 0.15) is 11.0 Å². The van der Waals surface area contributed by atoms with E-state index in [2.05, 4.69) is 0 Å². The number of carboxylic acids is 1. The van der Waals surface area contributed by atoms with Crippen LogP contribution in [0.15, 0.2) is 0 Å². The summed E-state index contributed by atoms with van der Waals surface area (Å²) in [6.45, 7) is -3.07. The molecule has 0 amide bonds. The zero-order chi connectivity index (χ0) is 7.65. The number of carbonyl (C=O) groups excluding carboxylic acids is 2. The van der Waals surface area contributed by atoms with Gasteiger partial charge in [0.05, 0.1) is 0 Å². The van der Waals surface area contributed by atoms with Crippen LogP contribution in [0.25, 0.3) is 0 Å². The molecule has 7 heavy (non-hydrogen) atoms. The Morgan fingerprint density at radius 1 is 1.71 bits per heavy atom. The third kappa shape index (κ3) is 6.14. The molecule has 0 bridgehead atoms. The predicted octanol–water partition coefficient (Wildman–Crippen LogP) is -4.67. The molecule has 0 aliphatic heterocycles. The van der Waals surface area contributed by atoms with E-state index in [1.807, 2.05) is 0 Å². The Bertz CT molecular complexity index is 152. The van der Waals surface area contributed by atoms with Crippen molar-refractivity contribution in [3.8, 4) is 0 Å². The normalized spacial score (nSPS) is 14.6. The zero-order valence-electron chi connectivity index (χ0n) is 6.72. The van der Waals surface area contributed by atoms with E-state index in [0.717, 1.165) is 0 Å². The van der Waals surface area contributed by atoms with Gasteiger partial charge in [-0.15, -0.1) is 0 Å². The second-order valence-corrected chi connectivity index (χ2v) is 0.617. The average molecular weight is 113 g/mol. The fourth-order valence-electron chi connectivity index (χ4n) is 0. The van der Waals surface area contributed by atoms with E-state index >= 15 is 0 Å². The number of carbonyl (C=O) groups is 2. The fraction of sp³-hybridized carbons (Fsp3) is 0.333. The van der Waals surface area contributed by atoms with Gasteiger partial charge in [-0.2, -0.15) is 0 Å². The number of rotatable bonds is 1. The van der Waals surface area contributed by atoms with E-state index in [1.54, 1.807) is 0 Å². The summed E-state index contributed by atoms with van der Waals surface area (Å²) in [5, 5.41) is 9.53. The van der Waals surface area contributed by atoms with E-state index in [0.29, 0.717) is 0 Å². The molecule has 0 radical (unpaired) electrons. The molecule has 0 fully saturated rings. The zero-order valence-corrected chi connectivity index (χ0v) is 5.72. The van der Waals surface area contributed by atoms with Crippen molar-refractivity contribution in [3.05, 3.63) is 0 Å². The van der Waals surface area contributed by atoms with Crippen molar-refractivity contribution in [2.45, 2.75) is 6.85 Å². The molecule has 34 valence electrons. The topological polar surface area (TPSA) is 57.2 Å². The molecule has 0 N–H and O–H groups in total. The third-order valence-electron chi connectivity index (χ3n) is 0.185. The quantitative estimate of drug-likeness (QED) is 0.254. The summed E-state index contributed by atoms with van der Waals surface area (Å²) in [7, 11) is 0. The Labute approximate surface area is 67.2 Å². The molecule has 4 heteroatoms. The number of Topliss-reactive ketones (excluding diaryl/α,β-unsaturated/α-hetero) is 1. The monoisotopic (exact) mass is 113 g/mol. The number of hydrogen-bond acceptors (Lipinski definition) is 3. The number of hydrogen-bond donors (Lipinski definition) is 0. The van der Waals surface area contributed by atoms with Gasteiger partial charge in [0.2, 0.25) is 0 Å². The number of ketones is 1. The minimum atomic E-state index is -3.07. The molecule has 0 spiro atoms. The maximum Gasteiger partial charge on any atom is 1.00 e. The van der Waals surface area contributed by atoms with Crippen molar-refractivity contribution in [1.29, 1.82) is 0 Å². The summed E-state index contributed by atoms with van der Waals surface area (Å²) >= 11 is 0. The van der Waals surface area contributed by atoms with Crippen LogP contribution in [0.5, 0.6) is 0 Å². The van der Waals surface area contributed by atoms with Gasteiger partial charge in [0.15, 0.2) is 5.78 Å². The summed E-state index contributed by atoms with van der Waals surface area (Å²) in [6, 6.07) is 0. The smallest absolute Gasteiger partial charge is 0.542 e. The van der Waals surface area contributed by atoms with Crippen molar-refractivity contribution >= 4 is 11.8 Å². The van der Waals surface area contributed by atoms with Gasteiger partial charge in [0.25, 0.3) is 0 Å². The summed E-state index contributed by atoms with van der Waals surface area (Å²) in [5.74, 6) is -4.03. The van der Waals surface area contributed by atoms with Crippen molar-refractivity contribution < 1.29 is 48.4 Å². The molecule has 0 aromatic rings. The van der Waals surface area contributed by atoms with Gasteiger partial charge in [0.1, 0.15) is 5.97 Å². The van der Waals surface area contributed by atoms with Crippen LogP contribution in [0.2, 0.25) is 0 Å². The predicted molar refractivity (Wildman–Crippen MR) is 15.7 cm³/mol. The average Bonchev–Trinajstić information content (AvgIpc) is 1.62. The SMILES string of the molecule is [2H]C([2H])([2H])C(=O)C(=O)[O-].[Na+]. The largest absolute Gasteiger partial charge is 1.00 e. The van der Waals surface area contributed by atoms with Gasteiger partial charge in [-0.05, 0) is 0 Å². The van der Waals surface area contributed by atoms with Gasteiger partial charge in [0, 0.05) is 11.0 Å². The van der Waals surface area contributed by atoms with Crippen LogP contribution in [0.4, 0.5) is 0 Å². The first-order valence-electron chi connectivity index (χ1n) is 2.61. The minimum absolute atomic E-state index is 0. The van der Waals surface area contributed by atoms with Crippen LogP contribution in [-0.4, -0.2) is 11.8 Å². The van der Waals surface area contributed by atoms with Gasteiger partial charge in [-0.3, -0.25) is 4.79 Å². The molecule has 0 saturated carbocycles. The van der Waals surface area contributed by atoms with Gasteiger partial charge in [-0.1, -0.05) is 0 Å². The van der Waals surface area contributed by atoms with E-state index in [1.165, 1.54) is 0 Å². The molecular formula is C3H3NaO3. The van der Waals surface area contributed by atoms with Crippen molar-refractivity contribution in [3.63, 3.8) is 0 Å². The second kappa shape index (κ2) is 4.30. The van der Waals surface area contributed by atoms with Gasteiger partial charge < -0.3 is 9.90 Å². The molecule has 0 aromatic heterocycles. The Morgan fingerprint density at radius 2 is 2.14 bits per heavy atom. The van der Waals surface area contributed by atoms with Crippen molar-refractivity contribution in [2.75, 3.05) is 0 Å². The second-order valence-electron chi connectivity index (χ2n) is 0.617. The van der Waals surface area contributed by atoms with Crippen LogP contribution >= 0.6 is 0 Å². The van der Waals surface area contributed by atoms with Gasteiger partial charge in [-0.25, -0.2) is 0 Å². The summed E-state index contributed by atoms with van der Waals surface area (Å²) < 4.78 is 18.7. The molecule has 0 aliphatic rings. The molecule has 0 heterocycles. The maximum atomic E-state index is 9.94. The van der Waals surface area contributed by atoms with Crippen molar-refractivity contribution in [1.82, 2.24) is 0 Å². The first-order valence-corrected chi connectivity index (χ1v) is 1.11. The summed E-state index contributed by atoms with van der Waals surface area (Å²) in [5.41, 5.74) is 0. The number of aliphatic carboxylic acids is 1. The van der Waals surface area contributed by atoms with E-state index in [9.17, 15) is 14.7 Å². The molecule has 0 rings (SSSR count). The first-order chi connectivity index (χ1) is 3.85. The molecular weight excluding hydrogens is 107 g/mol. The van der Waals surface area contributed by atoms with Crippen molar-refractivity contribution in [2.24, 2.45) is 0 Å². The van der Waals surface area contributed by atoms with Crippen LogP contribution < -0.4 is 34.7 Å². The molecule has 0 unspecified atom stereocenters. The molecule has 0 aliphatic carbocycles. The summed E-state index contributed by atoms with van der Waals surface area (Å²) in [6.07, 6.45) is 0. The van der Waals surface area contributed by atoms with Crippen LogP contribution in [0.3, 0.4) is 0 Å². The van der Waals surface area contributed by atoms with E-state index in [-0.39, 0.29) is 29.6 Å². The van der Waals surface area contributed by atoms with E-state index < -0.39 is 18.6 Å². The van der Waals surface area contributed by atoms with E-state index in [4.69, 9.17) is 4.11 Å². The maximum absolute atomic E-state index is 9.94. The fourth-order valence-corrected chi connectivity index (χ4v) is 0. The number of carboxylic acid groups (broad SMARTS) is 1. The Balaban J connectivity index is 0. The molecule has 0 saturated heterocycles. The molecule has 0 atom stereocenters. The summed E-state index contributed by atoms with van der Waals surface area (Å²) in [4.78, 5) is 19.5.